The van der Waals surface area contributed by atoms with Gasteiger partial charge in [-0.25, -0.2) is 18.1 Å². The molecule has 1 aliphatic rings. The van der Waals surface area contributed by atoms with Crippen LogP contribution in [0.5, 0.6) is 0 Å². The topological polar surface area (TPSA) is 91.6 Å². The summed E-state index contributed by atoms with van der Waals surface area (Å²) in [4.78, 5) is 10.7. The van der Waals surface area contributed by atoms with Gasteiger partial charge in [0.05, 0.1) is 18.6 Å². The Morgan fingerprint density at radius 1 is 1.43 bits per heavy atom. The Labute approximate surface area is 138 Å². The van der Waals surface area contributed by atoms with Crippen molar-refractivity contribution in [2.45, 2.75) is 19.4 Å². The molecule has 1 aromatic heterocycles. The number of likely N-dealkylation sites (tertiary alicyclic amines) is 1. The maximum atomic E-state index is 11.1. The molecule has 0 radical (unpaired) electrons. The van der Waals surface area contributed by atoms with Crippen LogP contribution >= 0.6 is 0 Å². The highest BCUT2D eigenvalue weighted by atomic mass is 32.2. The van der Waals surface area contributed by atoms with Crippen LogP contribution < -0.4 is 10.0 Å². The first-order valence-corrected chi connectivity index (χ1v) is 9.67. The quantitative estimate of drug-likeness (QED) is 0.443. The number of piperidine rings is 1. The van der Waals surface area contributed by atoms with Gasteiger partial charge in [0.1, 0.15) is 0 Å². The van der Waals surface area contributed by atoms with E-state index in [2.05, 4.69) is 36.4 Å². The average molecular weight is 342 g/mol. The van der Waals surface area contributed by atoms with Crippen molar-refractivity contribution in [1.82, 2.24) is 24.5 Å². The van der Waals surface area contributed by atoms with E-state index < -0.39 is 10.0 Å². The highest BCUT2D eigenvalue weighted by molar-refractivity contribution is 7.88. The molecule has 0 bridgehead atoms. The van der Waals surface area contributed by atoms with Gasteiger partial charge < -0.3 is 14.8 Å². The van der Waals surface area contributed by atoms with Crippen LogP contribution in [0.25, 0.3) is 0 Å². The number of rotatable bonds is 5. The number of sulfonamides is 1. The lowest BCUT2D eigenvalue weighted by atomic mass is 9.93. The van der Waals surface area contributed by atoms with Gasteiger partial charge in [-0.05, 0) is 12.3 Å². The number of aliphatic imine (C=N–C) groups is 1. The van der Waals surface area contributed by atoms with Gasteiger partial charge in [0.15, 0.2) is 5.96 Å². The molecule has 2 unspecified atom stereocenters. The zero-order valence-corrected chi connectivity index (χ0v) is 14.8. The summed E-state index contributed by atoms with van der Waals surface area (Å²) in [6.45, 7) is 4.89. The number of hydrogen-bond donors (Lipinski definition) is 2. The summed E-state index contributed by atoms with van der Waals surface area (Å²) in [7, 11) is -1.41. The highest BCUT2D eigenvalue weighted by Gasteiger charge is 2.28. The zero-order chi connectivity index (χ0) is 16.9. The molecule has 2 atom stereocenters. The first kappa shape index (κ1) is 17.7. The van der Waals surface area contributed by atoms with Crippen LogP contribution in [-0.4, -0.2) is 68.3 Å². The van der Waals surface area contributed by atoms with Crippen molar-refractivity contribution in [3.8, 4) is 0 Å². The van der Waals surface area contributed by atoms with Gasteiger partial charge in [-0.2, -0.15) is 0 Å². The predicted octanol–water partition coefficient (Wildman–Crippen LogP) is -0.109. The first-order chi connectivity index (χ1) is 10.9. The summed E-state index contributed by atoms with van der Waals surface area (Å²) >= 11 is 0. The molecule has 9 heteroatoms. The highest BCUT2D eigenvalue weighted by Crippen LogP contribution is 2.27. The summed E-state index contributed by atoms with van der Waals surface area (Å²) in [5.74, 6) is 1.38. The summed E-state index contributed by atoms with van der Waals surface area (Å²) in [6.07, 6.45) is 7.89. The summed E-state index contributed by atoms with van der Waals surface area (Å²) in [6, 6.07) is 0.360. The minimum Gasteiger partial charge on any atom is -0.355 e. The maximum Gasteiger partial charge on any atom is 0.208 e. The molecule has 1 saturated heterocycles. The fourth-order valence-corrected chi connectivity index (χ4v) is 3.31. The molecule has 8 nitrogen and oxygen atoms in total. The lowest BCUT2D eigenvalue weighted by Gasteiger charge is -2.39. The molecule has 0 aromatic carbocycles. The van der Waals surface area contributed by atoms with E-state index in [1.54, 1.807) is 13.2 Å². The fraction of sp³-hybridized carbons (Fsp3) is 0.714. The number of nitrogens with one attached hydrogen (secondary N) is 2. The minimum atomic E-state index is -3.15. The number of hydrogen-bond acceptors (Lipinski definition) is 4. The first-order valence-electron chi connectivity index (χ1n) is 7.78. The molecule has 23 heavy (non-hydrogen) atoms. The van der Waals surface area contributed by atoms with Crippen LogP contribution in [-0.2, 0) is 10.0 Å². The summed E-state index contributed by atoms with van der Waals surface area (Å²) < 4.78 is 26.8. The Balaban J connectivity index is 1.91. The van der Waals surface area contributed by atoms with Gasteiger partial charge in [-0.15, -0.1) is 0 Å². The standard InChI is InChI=1S/C14H26N6O2S/c1-12-4-8-19(10-13(12)20-9-7-16-11-20)14(15-2)17-5-6-18-23(3,21)22/h7,9,11-13,18H,4-6,8,10H2,1-3H3,(H,15,17). The van der Waals surface area contributed by atoms with Crippen LogP contribution in [0.4, 0.5) is 0 Å². The Kier molecular flexibility index (Phi) is 6.00. The average Bonchev–Trinajstić information content (AvgIpc) is 3.01. The smallest absolute Gasteiger partial charge is 0.208 e. The molecule has 130 valence electrons. The van der Waals surface area contributed by atoms with Crippen molar-refractivity contribution < 1.29 is 8.42 Å². The molecular formula is C14H26N6O2S. The molecule has 0 spiro atoms. The third-order valence-corrected chi connectivity index (χ3v) is 4.84. The van der Waals surface area contributed by atoms with Crippen molar-refractivity contribution in [3.05, 3.63) is 18.7 Å². The number of guanidine groups is 1. The molecule has 1 aliphatic heterocycles. The van der Waals surface area contributed by atoms with Crippen molar-refractivity contribution >= 4 is 16.0 Å². The molecule has 2 heterocycles. The molecule has 1 aromatic rings. The van der Waals surface area contributed by atoms with E-state index in [9.17, 15) is 8.42 Å². The molecule has 2 rings (SSSR count). The zero-order valence-electron chi connectivity index (χ0n) is 13.9. The number of nitrogens with zero attached hydrogens (tertiary/aromatic N) is 4. The second kappa shape index (κ2) is 7.78. The minimum absolute atomic E-state index is 0.340. The largest absolute Gasteiger partial charge is 0.355 e. The maximum absolute atomic E-state index is 11.1. The van der Waals surface area contributed by atoms with Gasteiger partial charge in [0, 0.05) is 45.6 Å². The fourth-order valence-electron chi connectivity index (χ4n) is 2.84. The van der Waals surface area contributed by atoms with Gasteiger partial charge >= 0.3 is 0 Å². The van der Waals surface area contributed by atoms with Crippen LogP contribution in [0, 0.1) is 5.92 Å². The molecule has 2 N–H and O–H groups in total. The lowest BCUT2D eigenvalue weighted by molar-refractivity contribution is 0.189. The lowest BCUT2D eigenvalue weighted by Crippen LogP contribution is -2.50. The molecule has 0 saturated carbocycles. The molecule has 0 amide bonds. The molecule has 0 aliphatic carbocycles. The van der Waals surface area contributed by atoms with Gasteiger partial charge in [-0.1, -0.05) is 6.92 Å². The van der Waals surface area contributed by atoms with Gasteiger partial charge in [0.25, 0.3) is 0 Å². The SMILES string of the molecule is CN=C(NCCNS(C)(=O)=O)N1CCC(C)C(n2ccnc2)C1. The van der Waals surface area contributed by atoms with Gasteiger partial charge in [0.2, 0.25) is 10.0 Å². The van der Waals surface area contributed by atoms with Crippen molar-refractivity contribution in [3.63, 3.8) is 0 Å². The van der Waals surface area contributed by atoms with E-state index in [4.69, 9.17) is 0 Å². The molecule has 1 fully saturated rings. The Bertz CT molecular complexity index is 613. The van der Waals surface area contributed by atoms with Crippen molar-refractivity contribution in [2.24, 2.45) is 10.9 Å². The Morgan fingerprint density at radius 3 is 2.83 bits per heavy atom. The third-order valence-electron chi connectivity index (χ3n) is 4.11. The number of aromatic nitrogens is 2. The van der Waals surface area contributed by atoms with E-state index >= 15 is 0 Å². The van der Waals surface area contributed by atoms with E-state index in [1.807, 2.05) is 12.5 Å². The number of imidazole rings is 1. The van der Waals surface area contributed by atoms with E-state index in [-0.39, 0.29) is 0 Å². The van der Waals surface area contributed by atoms with Crippen LogP contribution in [0.3, 0.4) is 0 Å². The van der Waals surface area contributed by atoms with Crippen molar-refractivity contribution in [2.75, 3.05) is 39.5 Å². The van der Waals surface area contributed by atoms with Crippen LogP contribution in [0.15, 0.2) is 23.7 Å². The normalized spacial score (nSPS) is 23.1. The summed E-state index contributed by atoms with van der Waals surface area (Å²) in [5.41, 5.74) is 0. The van der Waals surface area contributed by atoms with E-state index in [0.29, 0.717) is 25.0 Å². The Hall–Kier alpha value is -1.61. The van der Waals surface area contributed by atoms with Crippen LogP contribution in [0.1, 0.15) is 19.4 Å². The molecular weight excluding hydrogens is 316 g/mol. The van der Waals surface area contributed by atoms with E-state index in [1.165, 1.54) is 0 Å². The van der Waals surface area contributed by atoms with Crippen molar-refractivity contribution in [1.29, 1.82) is 0 Å². The Morgan fingerprint density at radius 2 is 2.22 bits per heavy atom. The summed E-state index contributed by atoms with van der Waals surface area (Å²) in [5, 5.41) is 3.22. The predicted molar refractivity (Wildman–Crippen MR) is 90.8 cm³/mol. The second-order valence-electron chi connectivity index (χ2n) is 5.93. The van der Waals surface area contributed by atoms with Gasteiger partial charge in [-0.3, -0.25) is 4.99 Å². The monoisotopic (exact) mass is 342 g/mol. The van der Waals surface area contributed by atoms with Crippen LogP contribution in [0.2, 0.25) is 0 Å². The van der Waals surface area contributed by atoms with E-state index in [0.717, 1.165) is 31.7 Å². The third kappa shape index (κ3) is 5.21. The second-order valence-corrected chi connectivity index (χ2v) is 7.76.